The first-order valence-electron chi connectivity index (χ1n) is 5.31. The standard InChI is InChI=1S/C13H11NO4.K.H/c15-11-6-7-12(14(16)17)13(8-11)18-9-10-4-2-1-3-5-10;;/h1-8,15H,9H2;;. The van der Waals surface area contributed by atoms with Gasteiger partial charge in [0.15, 0.2) is 0 Å². The van der Waals surface area contributed by atoms with Crippen LogP contribution in [0.1, 0.15) is 5.56 Å². The molecular weight excluding hydrogens is 273 g/mol. The van der Waals surface area contributed by atoms with E-state index in [4.69, 9.17) is 4.74 Å². The first-order valence-corrected chi connectivity index (χ1v) is 5.31. The first-order chi connectivity index (χ1) is 8.66. The van der Waals surface area contributed by atoms with E-state index in [0.717, 1.165) is 5.56 Å². The molecule has 0 radical (unpaired) electrons. The Morgan fingerprint density at radius 1 is 1.16 bits per heavy atom. The van der Waals surface area contributed by atoms with E-state index in [0.29, 0.717) is 0 Å². The van der Waals surface area contributed by atoms with Gasteiger partial charge in [-0.25, -0.2) is 0 Å². The minimum atomic E-state index is -0.542. The van der Waals surface area contributed by atoms with Crippen LogP contribution in [0.3, 0.4) is 0 Å². The third kappa shape index (κ3) is 4.59. The van der Waals surface area contributed by atoms with E-state index in [2.05, 4.69) is 0 Å². The molecule has 6 heteroatoms. The topological polar surface area (TPSA) is 72.6 Å². The molecule has 0 amide bonds. The number of nitro benzene ring substituents is 1. The summed E-state index contributed by atoms with van der Waals surface area (Å²) in [6.45, 7) is 0.213. The van der Waals surface area contributed by atoms with Crippen LogP contribution in [0.4, 0.5) is 5.69 Å². The number of nitrogens with zero attached hydrogens (tertiary/aromatic N) is 1. The van der Waals surface area contributed by atoms with Crippen LogP contribution in [0.25, 0.3) is 0 Å². The van der Waals surface area contributed by atoms with Gasteiger partial charge in [-0.2, -0.15) is 0 Å². The molecule has 0 unspecified atom stereocenters. The molecule has 2 aromatic carbocycles. The summed E-state index contributed by atoms with van der Waals surface area (Å²) in [5.74, 6) is -0.00693. The van der Waals surface area contributed by atoms with E-state index in [9.17, 15) is 15.2 Å². The molecule has 0 saturated heterocycles. The van der Waals surface area contributed by atoms with Gasteiger partial charge in [-0.3, -0.25) is 10.1 Å². The molecule has 0 aliphatic carbocycles. The number of phenolic OH excluding ortho intramolecular Hbond substituents is 1. The summed E-state index contributed by atoms with van der Waals surface area (Å²) in [6.07, 6.45) is 0. The van der Waals surface area contributed by atoms with Gasteiger partial charge in [0.1, 0.15) is 12.4 Å². The van der Waals surface area contributed by atoms with Crippen molar-refractivity contribution in [3.05, 3.63) is 64.2 Å². The molecule has 0 aliphatic heterocycles. The predicted octanol–water partition coefficient (Wildman–Crippen LogP) is 2.23. The van der Waals surface area contributed by atoms with Crippen LogP contribution in [0.15, 0.2) is 48.5 Å². The molecule has 0 aliphatic rings. The Kier molecular flexibility index (Phi) is 6.46. The SMILES string of the molecule is O=[N+]([O-])c1ccc(O)cc1OCc1ccccc1.[KH]. The number of nitro groups is 1. The molecule has 0 aromatic heterocycles. The first kappa shape index (κ1) is 16.1. The molecule has 0 saturated carbocycles. The summed E-state index contributed by atoms with van der Waals surface area (Å²) in [6, 6.07) is 13.0. The van der Waals surface area contributed by atoms with Crippen molar-refractivity contribution in [2.24, 2.45) is 0 Å². The van der Waals surface area contributed by atoms with Crippen molar-refractivity contribution in [1.29, 1.82) is 0 Å². The van der Waals surface area contributed by atoms with E-state index in [-0.39, 0.29) is 75.2 Å². The fourth-order valence-electron chi connectivity index (χ4n) is 1.50. The van der Waals surface area contributed by atoms with Gasteiger partial charge in [-0.05, 0) is 11.6 Å². The molecule has 0 fully saturated rings. The fraction of sp³-hybridized carbons (Fsp3) is 0.0769. The van der Waals surface area contributed by atoms with E-state index in [1.165, 1.54) is 18.2 Å². The van der Waals surface area contributed by atoms with Crippen LogP contribution in [-0.4, -0.2) is 61.4 Å². The summed E-state index contributed by atoms with van der Waals surface area (Å²) in [4.78, 5) is 10.2. The van der Waals surface area contributed by atoms with E-state index >= 15 is 0 Å². The third-order valence-electron chi connectivity index (χ3n) is 2.38. The van der Waals surface area contributed by atoms with Crippen molar-refractivity contribution in [1.82, 2.24) is 0 Å². The van der Waals surface area contributed by atoms with Crippen LogP contribution >= 0.6 is 0 Å². The molecule has 1 N–H and O–H groups in total. The number of phenols is 1. The Morgan fingerprint density at radius 3 is 2.47 bits per heavy atom. The Balaban J connectivity index is 0.00000180. The zero-order valence-electron chi connectivity index (χ0n) is 9.45. The second kappa shape index (κ2) is 7.61. The Bertz CT molecular complexity index is 560. The minimum absolute atomic E-state index is 0. The molecule has 0 bridgehead atoms. The average Bonchev–Trinajstić information content (AvgIpc) is 2.37. The Labute approximate surface area is 152 Å². The van der Waals surface area contributed by atoms with E-state index < -0.39 is 4.92 Å². The second-order valence-electron chi connectivity index (χ2n) is 3.68. The van der Waals surface area contributed by atoms with Crippen molar-refractivity contribution < 1.29 is 14.8 Å². The van der Waals surface area contributed by atoms with Crippen LogP contribution in [-0.2, 0) is 6.61 Å². The number of benzene rings is 2. The summed E-state index contributed by atoms with van der Waals surface area (Å²) in [5, 5.41) is 20.1. The summed E-state index contributed by atoms with van der Waals surface area (Å²) in [5.41, 5.74) is 0.735. The molecular formula is C13H12KNO4. The van der Waals surface area contributed by atoms with Gasteiger partial charge in [0.05, 0.1) is 4.92 Å². The van der Waals surface area contributed by atoms with Crippen molar-refractivity contribution in [3.8, 4) is 11.5 Å². The zero-order chi connectivity index (χ0) is 13.0. The van der Waals surface area contributed by atoms with Gasteiger partial charge in [-0.15, -0.1) is 0 Å². The van der Waals surface area contributed by atoms with Crippen LogP contribution in [0.2, 0.25) is 0 Å². The second-order valence-corrected chi connectivity index (χ2v) is 3.68. The maximum absolute atomic E-state index is 10.8. The Hall–Kier alpha value is -0.924. The van der Waals surface area contributed by atoms with Crippen molar-refractivity contribution in [3.63, 3.8) is 0 Å². The van der Waals surface area contributed by atoms with Crippen molar-refractivity contribution >= 4 is 57.1 Å². The molecule has 94 valence electrons. The van der Waals surface area contributed by atoms with Crippen LogP contribution in [0, 0.1) is 10.1 Å². The number of aromatic hydroxyl groups is 1. The maximum atomic E-state index is 10.8. The quantitative estimate of drug-likeness (QED) is 0.531. The van der Waals surface area contributed by atoms with Gasteiger partial charge in [-0.1, -0.05) is 30.3 Å². The summed E-state index contributed by atoms with van der Waals surface area (Å²) in [7, 11) is 0. The van der Waals surface area contributed by atoms with Crippen molar-refractivity contribution in [2.45, 2.75) is 6.61 Å². The Morgan fingerprint density at radius 2 is 1.84 bits per heavy atom. The van der Waals surface area contributed by atoms with Crippen LogP contribution < -0.4 is 4.74 Å². The molecule has 19 heavy (non-hydrogen) atoms. The van der Waals surface area contributed by atoms with Gasteiger partial charge >= 0.3 is 57.1 Å². The normalized spacial score (nSPS) is 9.47. The molecule has 2 rings (SSSR count). The third-order valence-corrected chi connectivity index (χ3v) is 2.38. The monoisotopic (exact) mass is 285 g/mol. The molecule has 0 spiro atoms. The number of hydrogen-bond acceptors (Lipinski definition) is 4. The summed E-state index contributed by atoms with van der Waals surface area (Å²) >= 11 is 0. The fourth-order valence-corrected chi connectivity index (χ4v) is 1.50. The number of ether oxygens (including phenoxy) is 1. The van der Waals surface area contributed by atoms with Gasteiger partial charge in [0.2, 0.25) is 5.75 Å². The number of rotatable bonds is 4. The molecule has 5 nitrogen and oxygen atoms in total. The molecule has 2 aromatic rings. The van der Waals surface area contributed by atoms with E-state index in [1.54, 1.807) is 0 Å². The van der Waals surface area contributed by atoms with Gasteiger partial charge < -0.3 is 9.84 Å². The summed E-state index contributed by atoms with van der Waals surface area (Å²) < 4.78 is 5.36. The van der Waals surface area contributed by atoms with Crippen molar-refractivity contribution in [2.75, 3.05) is 0 Å². The molecule has 0 heterocycles. The zero-order valence-corrected chi connectivity index (χ0v) is 9.45. The number of hydrogen-bond donors (Lipinski definition) is 1. The predicted molar refractivity (Wildman–Crippen MR) is 72.7 cm³/mol. The van der Waals surface area contributed by atoms with Crippen LogP contribution in [0.5, 0.6) is 11.5 Å². The van der Waals surface area contributed by atoms with Gasteiger partial charge in [0, 0.05) is 12.1 Å². The van der Waals surface area contributed by atoms with Gasteiger partial charge in [0.25, 0.3) is 0 Å². The average molecular weight is 285 g/mol. The molecule has 0 atom stereocenters. The van der Waals surface area contributed by atoms with E-state index in [1.807, 2.05) is 30.3 Å².